The van der Waals surface area contributed by atoms with Crippen LogP contribution in [0.3, 0.4) is 0 Å². The van der Waals surface area contributed by atoms with Crippen LogP contribution >= 0.6 is 15.2 Å². The molecule has 1 unspecified atom stereocenters. The Morgan fingerprint density at radius 1 is 1.06 bits per heavy atom. The molecule has 0 aromatic heterocycles. The van der Waals surface area contributed by atoms with E-state index in [1.54, 1.807) is 6.07 Å². The molecule has 0 heterocycles. The number of hydrogen-bond donors (Lipinski definition) is 0. The van der Waals surface area contributed by atoms with Gasteiger partial charge in [-0.25, -0.2) is 0 Å². The molecule has 1 atom stereocenters. The van der Waals surface area contributed by atoms with Crippen molar-refractivity contribution in [3.05, 3.63) is 30.3 Å². The van der Waals surface area contributed by atoms with Gasteiger partial charge in [0.25, 0.3) is 0 Å². The fourth-order valence-electron chi connectivity index (χ4n) is 0.883. The van der Waals surface area contributed by atoms with E-state index in [0.29, 0.717) is 0 Å². The monoisotopic (exact) mass is 301 g/mol. The minimum Gasteiger partial charge on any atom is -0.810 e. The van der Waals surface area contributed by atoms with Gasteiger partial charge in [-0.2, -0.15) is 0 Å². The number of hydrogen-bond acceptors (Lipinski definition) is 6. The van der Waals surface area contributed by atoms with Crippen molar-refractivity contribution in [2.75, 3.05) is 5.90 Å². The van der Waals surface area contributed by atoms with E-state index in [2.05, 4.69) is 4.52 Å². The van der Waals surface area contributed by atoms with Crippen molar-refractivity contribution in [1.29, 1.82) is 0 Å². The van der Waals surface area contributed by atoms with Crippen molar-refractivity contribution in [3.63, 3.8) is 0 Å². The van der Waals surface area contributed by atoms with E-state index in [0.717, 1.165) is 0 Å². The molecule has 9 heteroatoms. The summed E-state index contributed by atoms with van der Waals surface area (Å²) in [5.41, 5.74) is 0. The Kier molecular flexibility index (Phi) is 5.96. The molecule has 0 amide bonds. The first-order valence-electron chi connectivity index (χ1n) is 3.84. The molecule has 87 valence electrons. The van der Waals surface area contributed by atoms with Gasteiger partial charge in [0.15, 0.2) is 7.60 Å². The van der Waals surface area contributed by atoms with Crippen LogP contribution in [-0.2, 0) is 26.5 Å². The SMILES string of the molecule is O=P([O-])([O-])CP(=O)([O-])Oc1ccccc1.[Cr+3]. The van der Waals surface area contributed by atoms with Gasteiger partial charge >= 0.3 is 17.4 Å². The third-order valence-electron chi connectivity index (χ3n) is 1.33. The maximum absolute atomic E-state index is 11.0. The molecule has 16 heavy (non-hydrogen) atoms. The van der Waals surface area contributed by atoms with E-state index in [1.165, 1.54) is 24.3 Å². The molecule has 1 aromatic rings. The van der Waals surface area contributed by atoms with E-state index in [1.807, 2.05) is 0 Å². The Morgan fingerprint density at radius 3 is 2.00 bits per heavy atom. The van der Waals surface area contributed by atoms with Crippen molar-refractivity contribution < 1.29 is 45.7 Å². The molecule has 0 fully saturated rings. The maximum atomic E-state index is 11.0. The first-order valence-corrected chi connectivity index (χ1v) is 7.30. The van der Waals surface area contributed by atoms with E-state index < -0.39 is 21.1 Å². The molecule has 0 spiro atoms. The van der Waals surface area contributed by atoms with Gasteiger partial charge in [-0.3, -0.25) is 4.57 Å². The molecule has 0 bridgehead atoms. The minimum absolute atomic E-state index is 0. The molecule has 0 aliphatic rings. The van der Waals surface area contributed by atoms with Gasteiger partial charge in [-0.05, 0) is 12.1 Å². The molecule has 0 N–H and O–H groups in total. The average molecular weight is 301 g/mol. The maximum Gasteiger partial charge on any atom is 3.00 e. The molecule has 1 radical (unpaired) electrons. The van der Waals surface area contributed by atoms with E-state index >= 15 is 0 Å². The number of rotatable bonds is 4. The second-order valence-corrected chi connectivity index (χ2v) is 6.53. The molecule has 0 aliphatic carbocycles. The summed E-state index contributed by atoms with van der Waals surface area (Å²) in [6, 6.07) is 7.34. The van der Waals surface area contributed by atoms with Crippen LogP contribution in [0, 0.1) is 0 Å². The zero-order valence-corrected chi connectivity index (χ0v) is 10.9. The van der Waals surface area contributed by atoms with Crippen LogP contribution in [0.1, 0.15) is 0 Å². The fourth-order valence-corrected chi connectivity index (χ4v) is 3.25. The smallest absolute Gasteiger partial charge is 0.810 e. The Hall–Kier alpha value is -0.108. The molecular formula is C7H7CrO6P2. The van der Waals surface area contributed by atoms with Crippen LogP contribution in [0.25, 0.3) is 0 Å². The van der Waals surface area contributed by atoms with Gasteiger partial charge < -0.3 is 23.8 Å². The summed E-state index contributed by atoms with van der Waals surface area (Å²) >= 11 is 0. The van der Waals surface area contributed by atoms with Gasteiger partial charge in [0.2, 0.25) is 0 Å². The molecule has 1 rings (SSSR count). The average Bonchev–Trinajstić information content (AvgIpc) is 1.99. The molecule has 0 saturated heterocycles. The van der Waals surface area contributed by atoms with Crippen LogP contribution in [0.4, 0.5) is 0 Å². The van der Waals surface area contributed by atoms with Crippen LogP contribution in [-0.4, -0.2) is 5.90 Å². The third-order valence-corrected chi connectivity index (χ3v) is 4.59. The van der Waals surface area contributed by atoms with E-state index in [4.69, 9.17) is 0 Å². The quantitative estimate of drug-likeness (QED) is 0.692. The Labute approximate surface area is 103 Å². The van der Waals surface area contributed by atoms with Crippen LogP contribution < -0.4 is 19.2 Å². The topological polar surface area (TPSA) is 113 Å². The van der Waals surface area contributed by atoms with E-state index in [9.17, 15) is 23.8 Å². The predicted octanol–water partition coefficient (Wildman–Crippen LogP) is -0.513. The fraction of sp³-hybridized carbons (Fsp3) is 0.143. The summed E-state index contributed by atoms with van der Waals surface area (Å²) in [6.07, 6.45) is 0. The first-order chi connectivity index (χ1) is 6.79. The summed E-state index contributed by atoms with van der Waals surface area (Å²) in [5.74, 6) is -1.54. The summed E-state index contributed by atoms with van der Waals surface area (Å²) in [6.45, 7) is 0. The molecular weight excluding hydrogens is 294 g/mol. The predicted molar refractivity (Wildman–Crippen MR) is 47.2 cm³/mol. The molecule has 0 aliphatic heterocycles. The second-order valence-electron chi connectivity index (χ2n) is 2.77. The Bertz CT molecular complexity index is 416. The number of benzene rings is 1. The normalized spacial score (nSPS) is 14.7. The van der Waals surface area contributed by atoms with Crippen molar-refractivity contribution >= 4 is 15.2 Å². The standard InChI is InChI=1S/C7H10O6P2.Cr/c8-14(9,10)6-15(11,12)13-7-4-2-1-3-5-7;/h1-5H,6H2,(H,11,12)(H2,8,9,10);/q;+3/p-3. The minimum atomic E-state index is -5.12. The summed E-state index contributed by atoms with van der Waals surface area (Å²) in [7, 11) is -9.80. The Balaban J connectivity index is 0.00000225. The van der Waals surface area contributed by atoms with Crippen LogP contribution in [0.15, 0.2) is 30.3 Å². The van der Waals surface area contributed by atoms with Gasteiger partial charge in [0.05, 0.1) is 5.90 Å². The summed E-state index contributed by atoms with van der Waals surface area (Å²) in [4.78, 5) is 31.6. The molecule has 0 saturated carbocycles. The van der Waals surface area contributed by atoms with E-state index in [-0.39, 0.29) is 23.1 Å². The van der Waals surface area contributed by atoms with Gasteiger partial charge in [-0.15, -0.1) is 0 Å². The number of para-hydroxylation sites is 1. The first kappa shape index (κ1) is 15.9. The zero-order chi connectivity index (χ0) is 11.5. The molecule has 1 aromatic carbocycles. The van der Waals surface area contributed by atoms with Gasteiger partial charge in [-0.1, -0.05) is 25.8 Å². The third kappa shape index (κ3) is 6.47. The Morgan fingerprint density at radius 2 is 1.56 bits per heavy atom. The van der Waals surface area contributed by atoms with Crippen LogP contribution in [0.5, 0.6) is 5.75 Å². The van der Waals surface area contributed by atoms with Gasteiger partial charge in [0, 0.05) is 0 Å². The van der Waals surface area contributed by atoms with Gasteiger partial charge in [0.1, 0.15) is 5.75 Å². The van der Waals surface area contributed by atoms with Crippen molar-refractivity contribution in [2.24, 2.45) is 0 Å². The zero-order valence-electron chi connectivity index (χ0n) is 7.85. The van der Waals surface area contributed by atoms with Crippen LogP contribution in [0.2, 0.25) is 0 Å². The summed E-state index contributed by atoms with van der Waals surface area (Å²) in [5, 5.41) is 0. The van der Waals surface area contributed by atoms with Crippen molar-refractivity contribution in [2.45, 2.75) is 0 Å². The van der Waals surface area contributed by atoms with Crippen molar-refractivity contribution in [1.82, 2.24) is 0 Å². The molecule has 6 nitrogen and oxygen atoms in total. The largest absolute Gasteiger partial charge is 3.00 e. The summed E-state index contributed by atoms with van der Waals surface area (Å²) < 4.78 is 25.7. The second kappa shape index (κ2) is 6.00. The van der Waals surface area contributed by atoms with Crippen molar-refractivity contribution in [3.8, 4) is 5.75 Å².